The van der Waals surface area contributed by atoms with Gasteiger partial charge in [0.15, 0.2) is 0 Å². The number of benzene rings is 6. The zero-order chi connectivity index (χ0) is 45.3. The van der Waals surface area contributed by atoms with Gasteiger partial charge in [0.25, 0.3) is 0 Å². The van der Waals surface area contributed by atoms with Crippen molar-refractivity contribution in [3.05, 3.63) is 142 Å². The quantitative estimate of drug-likeness (QED) is 0.0631. The van der Waals surface area contributed by atoms with E-state index >= 15 is 0 Å². The summed E-state index contributed by atoms with van der Waals surface area (Å²) in [6.45, 7) is 26.5. The molecule has 0 bridgehead atoms. The summed E-state index contributed by atoms with van der Waals surface area (Å²) in [5.74, 6) is 1.09. The van der Waals surface area contributed by atoms with Crippen molar-refractivity contribution < 1.29 is 19.5 Å². The molecule has 0 radical (unpaired) electrons. The average molecular weight is 853 g/mol. The number of carbonyl (C=O) groups is 1. The minimum absolute atomic E-state index is 0.0519. The van der Waals surface area contributed by atoms with Gasteiger partial charge in [-0.1, -0.05) is 0 Å². The molecule has 0 fully saturated rings. The van der Waals surface area contributed by atoms with Gasteiger partial charge < -0.3 is 0 Å². The molecule has 4 nitrogen and oxygen atoms in total. The van der Waals surface area contributed by atoms with Gasteiger partial charge in [-0.25, -0.2) is 0 Å². The van der Waals surface area contributed by atoms with Crippen molar-refractivity contribution in [2.75, 3.05) is 0 Å². The van der Waals surface area contributed by atoms with E-state index in [1.54, 1.807) is 12.1 Å². The zero-order valence-corrected chi connectivity index (χ0v) is 40.5. The first-order valence-electron chi connectivity index (χ1n) is 23.7. The molecule has 3 N–H and O–H groups in total. The van der Waals surface area contributed by atoms with Crippen LogP contribution < -0.4 is 10.6 Å². The first-order valence-corrected chi connectivity index (χ1v) is 25.8. The summed E-state index contributed by atoms with van der Waals surface area (Å²) < 4.78 is 0. The topological polar surface area (TPSA) is 77.8 Å². The Bertz CT molecular complexity index is 2560. The molecule has 6 aromatic carbocycles. The SMILES string of the molecule is CCC(C)c1cc(C(C)CC)c2cc(-c3cc(C(=O)c4ccccc4)ccc3P(O)(O)(O)c3cc4c(C(C)CC)cc(C(C)CC)cc4cc3C(C)CC)c(C(C)CC)cc2c1. The van der Waals surface area contributed by atoms with E-state index in [1.807, 2.05) is 42.5 Å². The molecule has 0 aliphatic rings. The molecule has 6 unspecified atom stereocenters. The summed E-state index contributed by atoms with van der Waals surface area (Å²) in [4.78, 5) is 54.3. The Balaban J connectivity index is 1.77. The summed E-state index contributed by atoms with van der Waals surface area (Å²) in [5, 5.41) is 4.47. The number of ketones is 1. The van der Waals surface area contributed by atoms with Crippen molar-refractivity contribution in [1.82, 2.24) is 0 Å². The fourth-order valence-electron chi connectivity index (χ4n) is 9.22. The Morgan fingerprint density at radius 2 is 0.887 bits per heavy atom. The van der Waals surface area contributed by atoms with E-state index in [0.29, 0.717) is 28.5 Å². The Labute approximate surface area is 373 Å². The molecule has 0 heterocycles. The summed E-state index contributed by atoms with van der Waals surface area (Å²) in [6, 6.07) is 32.1. The minimum atomic E-state index is -6.02. The number of hydrogen-bond acceptors (Lipinski definition) is 4. The fraction of sp³-hybridized carbons (Fsp3) is 0.421. The molecule has 6 rings (SSSR count). The van der Waals surface area contributed by atoms with E-state index in [4.69, 9.17) is 0 Å². The number of fused-ring (bicyclic) bond motifs is 2. The Morgan fingerprint density at radius 1 is 0.435 bits per heavy atom. The van der Waals surface area contributed by atoms with E-state index in [0.717, 1.165) is 82.3 Å². The molecule has 6 atom stereocenters. The van der Waals surface area contributed by atoms with Crippen LogP contribution in [0.25, 0.3) is 32.7 Å². The van der Waals surface area contributed by atoms with Crippen molar-refractivity contribution >= 4 is 45.2 Å². The fourth-order valence-corrected chi connectivity index (χ4v) is 11.6. The Morgan fingerprint density at radius 3 is 1.39 bits per heavy atom. The van der Waals surface area contributed by atoms with E-state index in [1.165, 1.54) is 16.7 Å². The molecule has 0 aliphatic heterocycles. The first-order chi connectivity index (χ1) is 29.4. The second kappa shape index (κ2) is 18.9. The van der Waals surface area contributed by atoms with Crippen LogP contribution in [-0.2, 0) is 0 Å². The standard InChI is InChI=1S/C57H73O4P/c1-13-35(7)43-26-45-31-49(39(11)17-5)53(33-51(45)47(29-43)37(9)15-3)54-28-42(57(58)41-22-20-19-21-23-41)24-25-55(54)62(59,60,61)56-34-52-46(32-50(56)40(12)18-6)27-44(36(8)14-2)30-48(52)38(10)16-4/h19-40,59-61H,13-18H2,1-12H3. The molecule has 6 aromatic rings. The molecule has 330 valence electrons. The molecular formula is C57H73O4P. The van der Waals surface area contributed by atoms with Crippen LogP contribution in [0.2, 0.25) is 0 Å². The summed E-state index contributed by atoms with van der Waals surface area (Å²) in [5.41, 5.74) is 9.02. The first kappa shape index (κ1) is 47.3. The molecule has 0 spiro atoms. The molecule has 5 heteroatoms. The van der Waals surface area contributed by atoms with Crippen molar-refractivity contribution in [2.45, 2.75) is 157 Å². The summed E-state index contributed by atoms with van der Waals surface area (Å²) in [7, 11) is -6.02. The second-order valence-corrected chi connectivity index (χ2v) is 21.7. The van der Waals surface area contributed by atoms with E-state index in [2.05, 4.69) is 126 Å². The molecule has 0 aromatic heterocycles. The van der Waals surface area contributed by atoms with E-state index < -0.39 is 7.28 Å². The predicted octanol–water partition coefficient (Wildman–Crippen LogP) is 15.2. The van der Waals surface area contributed by atoms with Crippen LogP contribution in [0.15, 0.2) is 97.1 Å². The molecule has 0 amide bonds. The van der Waals surface area contributed by atoms with Crippen molar-refractivity contribution in [3.63, 3.8) is 0 Å². The third kappa shape index (κ3) is 8.96. The van der Waals surface area contributed by atoms with Gasteiger partial charge in [0, 0.05) is 0 Å². The van der Waals surface area contributed by atoms with Gasteiger partial charge in [-0.15, -0.1) is 0 Å². The summed E-state index contributed by atoms with van der Waals surface area (Å²) >= 11 is 0. The summed E-state index contributed by atoms with van der Waals surface area (Å²) in [6.07, 6.45) is 5.52. The molecule has 62 heavy (non-hydrogen) atoms. The third-order valence-corrected chi connectivity index (χ3v) is 17.3. The normalized spacial score (nSPS) is 15.8. The Kier molecular flexibility index (Phi) is 14.4. The zero-order valence-electron chi connectivity index (χ0n) is 39.6. The van der Waals surface area contributed by atoms with Gasteiger partial charge in [0.05, 0.1) is 0 Å². The molecule has 0 saturated heterocycles. The van der Waals surface area contributed by atoms with Crippen LogP contribution in [0.4, 0.5) is 0 Å². The van der Waals surface area contributed by atoms with Gasteiger partial charge >= 0.3 is 375 Å². The van der Waals surface area contributed by atoms with Crippen LogP contribution in [0.3, 0.4) is 0 Å². The molecule has 0 aliphatic carbocycles. The van der Waals surface area contributed by atoms with Gasteiger partial charge in [0.1, 0.15) is 0 Å². The maximum absolute atomic E-state index is 14.3. The van der Waals surface area contributed by atoms with Crippen molar-refractivity contribution in [2.24, 2.45) is 0 Å². The molecular weight excluding hydrogens is 780 g/mol. The van der Waals surface area contributed by atoms with Crippen LogP contribution in [0, 0.1) is 0 Å². The van der Waals surface area contributed by atoms with E-state index in [9.17, 15) is 19.5 Å². The van der Waals surface area contributed by atoms with Crippen molar-refractivity contribution in [1.29, 1.82) is 0 Å². The Hall–Kier alpha value is -4.18. The van der Waals surface area contributed by atoms with Crippen LogP contribution in [0.1, 0.15) is 206 Å². The second-order valence-electron chi connectivity index (χ2n) is 18.8. The third-order valence-electron chi connectivity index (χ3n) is 14.7. The predicted molar refractivity (Wildman–Crippen MR) is 268 cm³/mol. The maximum atomic E-state index is 14.3. The van der Waals surface area contributed by atoms with Crippen LogP contribution >= 0.6 is 7.28 Å². The van der Waals surface area contributed by atoms with Gasteiger partial charge in [-0.2, -0.15) is 0 Å². The monoisotopic (exact) mass is 853 g/mol. The average Bonchev–Trinajstić information content (AvgIpc) is 3.30. The van der Waals surface area contributed by atoms with Crippen molar-refractivity contribution in [3.8, 4) is 11.1 Å². The number of carbonyl (C=O) groups excluding carboxylic acids is 1. The van der Waals surface area contributed by atoms with Gasteiger partial charge in [-0.05, 0) is 0 Å². The van der Waals surface area contributed by atoms with Crippen LogP contribution in [0.5, 0.6) is 0 Å². The van der Waals surface area contributed by atoms with Gasteiger partial charge in [-0.3, -0.25) is 0 Å². The van der Waals surface area contributed by atoms with E-state index in [-0.39, 0.29) is 40.1 Å². The number of rotatable bonds is 17. The van der Waals surface area contributed by atoms with Crippen LogP contribution in [-0.4, -0.2) is 20.5 Å². The molecule has 0 saturated carbocycles. The van der Waals surface area contributed by atoms with Gasteiger partial charge in [0.2, 0.25) is 0 Å². The number of hydrogen-bond donors (Lipinski definition) is 3.